The number of thiophene rings is 2. The Morgan fingerprint density at radius 3 is 1.62 bits per heavy atom. The van der Waals surface area contributed by atoms with E-state index in [1.54, 1.807) is 0 Å². The minimum Gasteiger partial charge on any atom is -0.309 e. The summed E-state index contributed by atoms with van der Waals surface area (Å²) in [5, 5.41) is 7.72. The van der Waals surface area contributed by atoms with Crippen molar-refractivity contribution in [2.45, 2.75) is 0 Å². The van der Waals surface area contributed by atoms with Gasteiger partial charge in [0.15, 0.2) is 0 Å². The molecule has 1 nitrogen and oxygen atoms in total. The molecule has 11 rings (SSSR count). The van der Waals surface area contributed by atoms with Gasteiger partial charge in [-0.1, -0.05) is 140 Å². The molecule has 258 valence electrons. The number of benzene rings is 9. The maximum Gasteiger partial charge on any atom is 0.0540 e. The van der Waals surface area contributed by atoms with E-state index in [0.717, 1.165) is 17.1 Å². The Bertz CT molecular complexity index is 3240. The van der Waals surface area contributed by atoms with Crippen molar-refractivity contribution in [1.82, 2.24) is 0 Å². The van der Waals surface area contributed by atoms with E-state index in [-0.39, 0.29) is 0 Å². The molecule has 0 aliphatic carbocycles. The van der Waals surface area contributed by atoms with Crippen LogP contribution in [0.25, 0.3) is 84.5 Å². The summed E-state index contributed by atoms with van der Waals surface area (Å²) in [7, 11) is 0. The van der Waals surface area contributed by atoms with Crippen LogP contribution in [0.3, 0.4) is 0 Å². The molecule has 0 atom stereocenters. The maximum absolute atomic E-state index is 2.47. The van der Waals surface area contributed by atoms with Gasteiger partial charge in [0.25, 0.3) is 0 Å². The van der Waals surface area contributed by atoms with Gasteiger partial charge in [0.05, 0.1) is 11.4 Å². The molecule has 0 N–H and O–H groups in total. The van der Waals surface area contributed by atoms with E-state index in [2.05, 4.69) is 205 Å². The van der Waals surface area contributed by atoms with Crippen LogP contribution in [0, 0.1) is 0 Å². The molecule has 0 saturated carbocycles. The van der Waals surface area contributed by atoms with Crippen molar-refractivity contribution in [2.75, 3.05) is 4.90 Å². The Hall–Kier alpha value is -6.52. The second-order valence-corrected chi connectivity index (χ2v) is 16.3. The lowest BCUT2D eigenvalue weighted by Gasteiger charge is -2.30. The Balaban J connectivity index is 1.12. The fourth-order valence-corrected chi connectivity index (χ4v) is 10.4. The lowest BCUT2D eigenvalue weighted by atomic mass is 9.96. The Labute approximate surface area is 327 Å². The molecule has 0 amide bonds. The van der Waals surface area contributed by atoms with Crippen LogP contribution in [0.1, 0.15) is 0 Å². The lowest BCUT2D eigenvalue weighted by Crippen LogP contribution is -2.12. The van der Waals surface area contributed by atoms with E-state index in [1.165, 1.54) is 84.5 Å². The standard InChI is InChI=1S/C52H33NS2/c1-2-13-35-30-38(25-24-34(35)12-1)41-16-3-7-20-47(41)53(40-15-11-14-36(31-40)37-26-28-45-43-18-5-9-22-49(43)55-52(45)33-37)48-21-8-4-17-42(48)39-27-29-51-46(32-39)44-19-6-10-23-50(44)54-51/h1-33H. The largest absolute Gasteiger partial charge is 0.309 e. The van der Waals surface area contributed by atoms with Gasteiger partial charge in [0.1, 0.15) is 0 Å². The molecule has 2 heterocycles. The summed E-state index contributed by atoms with van der Waals surface area (Å²) in [6.07, 6.45) is 0. The van der Waals surface area contributed by atoms with Crippen LogP contribution in [0.5, 0.6) is 0 Å². The van der Waals surface area contributed by atoms with Crippen molar-refractivity contribution in [1.29, 1.82) is 0 Å². The van der Waals surface area contributed by atoms with Gasteiger partial charge in [-0.3, -0.25) is 0 Å². The van der Waals surface area contributed by atoms with Gasteiger partial charge < -0.3 is 4.90 Å². The number of hydrogen-bond acceptors (Lipinski definition) is 3. The quantitative estimate of drug-likeness (QED) is 0.164. The summed E-state index contributed by atoms with van der Waals surface area (Å²) in [4.78, 5) is 2.47. The highest BCUT2D eigenvalue weighted by Crippen LogP contribution is 2.47. The van der Waals surface area contributed by atoms with Gasteiger partial charge in [0, 0.05) is 57.2 Å². The zero-order valence-corrected chi connectivity index (χ0v) is 31.4. The minimum atomic E-state index is 1.11. The Kier molecular flexibility index (Phi) is 7.61. The van der Waals surface area contributed by atoms with E-state index in [1.807, 2.05) is 22.7 Å². The second kappa shape index (κ2) is 13.1. The maximum atomic E-state index is 2.47. The first-order chi connectivity index (χ1) is 27.2. The van der Waals surface area contributed by atoms with Crippen LogP contribution < -0.4 is 4.90 Å². The highest BCUT2D eigenvalue weighted by Gasteiger charge is 2.21. The lowest BCUT2D eigenvalue weighted by molar-refractivity contribution is 1.28. The average Bonchev–Trinajstić information content (AvgIpc) is 3.82. The number of hydrogen-bond donors (Lipinski definition) is 0. The van der Waals surface area contributed by atoms with Gasteiger partial charge in [0.2, 0.25) is 0 Å². The molecular weight excluding hydrogens is 703 g/mol. The summed E-state index contributed by atoms with van der Waals surface area (Å²) in [5.74, 6) is 0. The van der Waals surface area contributed by atoms with Gasteiger partial charge in [-0.15, -0.1) is 22.7 Å². The molecule has 11 aromatic rings. The Morgan fingerprint density at radius 1 is 0.291 bits per heavy atom. The molecule has 2 aromatic heterocycles. The van der Waals surface area contributed by atoms with Crippen LogP contribution >= 0.6 is 22.7 Å². The molecule has 0 radical (unpaired) electrons. The molecule has 3 heteroatoms. The minimum absolute atomic E-state index is 1.11. The molecule has 0 bridgehead atoms. The molecule has 0 spiro atoms. The predicted octanol–water partition coefficient (Wildman–Crippen LogP) is 16.0. The molecule has 0 unspecified atom stereocenters. The molecule has 55 heavy (non-hydrogen) atoms. The highest BCUT2D eigenvalue weighted by molar-refractivity contribution is 7.26. The molecule has 9 aromatic carbocycles. The molecular formula is C52H33NS2. The molecule has 0 aliphatic rings. The van der Waals surface area contributed by atoms with E-state index in [9.17, 15) is 0 Å². The fraction of sp³-hybridized carbons (Fsp3) is 0. The summed E-state index contributed by atoms with van der Waals surface area (Å²) >= 11 is 3.73. The molecule has 0 saturated heterocycles. The van der Waals surface area contributed by atoms with Gasteiger partial charge in [-0.25, -0.2) is 0 Å². The molecule has 0 aliphatic heterocycles. The fourth-order valence-electron chi connectivity index (χ4n) is 8.21. The van der Waals surface area contributed by atoms with Crippen LogP contribution in [0.4, 0.5) is 17.1 Å². The SMILES string of the molecule is c1cc(-c2ccc3c(c2)sc2ccccc23)cc(N(c2ccccc2-c2ccc3ccccc3c2)c2ccccc2-c2ccc3sc4ccccc4c3c2)c1. The number of para-hydroxylation sites is 2. The third kappa shape index (κ3) is 5.51. The zero-order chi connectivity index (χ0) is 36.3. The van der Waals surface area contributed by atoms with E-state index in [4.69, 9.17) is 0 Å². The first-order valence-electron chi connectivity index (χ1n) is 18.7. The predicted molar refractivity (Wildman–Crippen MR) is 241 cm³/mol. The summed E-state index contributed by atoms with van der Waals surface area (Å²) in [5.41, 5.74) is 10.5. The highest BCUT2D eigenvalue weighted by atomic mass is 32.1. The summed E-state index contributed by atoms with van der Waals surface area (Å²) in [6.45, 7) is 0. The summed E-state index contributed by atoms with van der Waals surface area (Å²) < 4.78 is 5.26. The number of fused-ring (bicyclic) bond motifs is 7. The molecule has 0 fully saturated rings. The van der Waals surface area contributed by atoms with Crippen molar-refractivity contribution >= 4 is 90.9 Å². The smallest absolute Gasteiger partial charge is 0.0540 e. The third-order valence-corrected chi connectivity index (χ3v) is 13.1. The second-order valence-electron chi connectivity index (χ2n) is 14.1. The van der Waals surface area contributed by atoms with E-state index in [0.29, 0.717) is 0 Å². The van der Waals surface area contributed by atoms with E-state index < -0.39 is 0 Å². The normalized spacial score (nSPS) is 11.6. The number of nitrogens with zero attached hydrogens (tertiary/aromatic N) is 1. The third-order valence-electron chi connectivity index (χ3n) is 10.9. The van der Waals surface area contributed by atoms with Crippen LogP contribution in [-0.4, -0.2) is 0 Å². The van der Waals surface area contributed by atoms with Crippen molar-refractivity contribution in [3.05, 3.63) is 200 Å². The topological polar surface area (TPSA) is 3.24 Å². The zero-order valence-electron chi connectivity index (χ0n) is 29.8. The van der Waals surface area contributed by atoms with Crippen molar-refractivity contribution in [3.8, 4) is 33.4 Å². The van der Waals surface area contributed by atoms with Crippen LogP contribution in [-0.2, 0) is 0 Å². The Morgan fingerprint density at radius 2 is 0.836 bits per heavy atom. The van der Waals surface area contributed by atoms with Crippen LogP contribution in [0.2, 0.25) is 0 Å². The summed E-state index contributed by atoms with van der Waals surface area (Å²) in [6, 6.07) is 73.6. The van der Waals surface area contributed by atoms with Gasteiger partial charge in [-0.05, 0) is 93.7 Å². The first kappa shape index (κ1) is 32.0. The number of rotatable bonds is 6. The first-order valence-corrected chi connectivity index (χ1v) is 20.3. The van der Waals surface area contributed by atoms with Crippen molar-refractivity contribution in [2.24, 2.45) is 0 Å². The number of anilines is 3. The van der Waals surface area contributed by atoms with E-state index >= 15 is 0 Å². The van der Waals surface area contributed by atoms with Gasteiger partial charge in [-0.2, -0.15) is 0 Å². The van der Waals surface area contributed by atoms with Crippen molar-refractivity contribution in [3.63, 3.8) is 0 Å². The monoisotopic (exact) mass is 735 g/mol. The van der Waals surface area contributed by atoms with Gasteiger partial charge >= 0.3 is 0 Å². The van der Waals surface area contributed by atoms with Crippen LogP contribution in [0.15, 0.2) is 200 Å². The van der Waals surface area contributed by atoms with Crippen molar-refractivity contribution < 1.29 is 0 Å². The average molecular weight is 736 g/mol.